The Bertz CT molecular complexity index is 280. The van der Waals surface area contributed by atoms with Gasteiger partial charge in [-0.05, 0) is 12.6 Å². The summed E-state index contributed by atoms with van der Waals surface area (Å²) < 4.78 is 16.2. The van der Waals surface area contributed by atoms with Crippen LogP contribution in [0.5, 0.6) is 0 Å². The molecule has 0 heterocycles. The van der Waals surface area contributed by atoms with Crippen LogP contribution >= 0.6 is 0 Å². The highest BCUT2D eigenvalue weighted by molar-refractivity contribution is 5.13. The first-order chi connectivity index (χ1) is 8.93. The van der Waals surface area contributed by atoms with Gasteiger partial charge >= 0.3 is 0 Å². The SMILES string of the molecule is CNCCOCCOCCOCc1ccccc1. The monoisotopic (exact) mass is 253 g/mol. The van der Waals surface area contributed by atoms with E-state index < -0.39 is 0 Å². The Morgan fingerprint density at radius 3 is 2.11 bits per heavy atom. The largest absolute Gasteiger partial charge is 0.378 e. The molecule has 102 valence electrons. The van der Waals surface area contributed by atoms with Crippen molar-refractivity contribution in [3.8, 4) is 0 Å². The van der Waals surface area contributed by atoms with Gasteiger partial charge in [-0.25, -0.2) is 0 Å². The Morgan fingerprint density at radius 1 is 0.833 bits per heavy atom. The van der Waals surface area contributed by atoms with Gasteiger partial charge in [-0.2, -0.15) is 0 Å². The van der Waals surface area contributed by atoms with Crippen molar-refractivity contribution in [3.05, 3.63) is 35.9 Å². The van der Waals surface area contributed by atoms with Crippen LogP contribution in [0.1, 0.15) is 5.56 Å². The van der Waals surface area contributed by atoms with Crippen LogP contribution in [0.25, 0.3) is 0 Å². The predicted molar refractivity (Wildman–Crippen MR) is 71.7 cm³/mol. The highest BCUT2D eigenvalue weighted by Gasteiger charge is 1.93. The first kappa shape index (κ1) is 15.1. The number of hydrogen-bond donors (Lipinski definition) is 1. The Kier molecular flexibility index (Phi) is 9.38. The zero-order chi connectivity index (χ0) is 12.9. The van der Waals surface area contributed by atoms with E-state index >= 15 is 0 Å². The van der Waals surface area contributed by atoms with Crippen LogP contribution < -0.4 is 5.32 Å². The van der Waals surface area contributed by atoms with Gasteiger partial charge < -0.3 is 19.5 Å². The molecular formula is C14H23NO3. The van der Waals surface area contributed by atoms with E-state index in [0.717, 1.165) is 13.2 Å². The average molecular weight is 253 g/mol. The highest BCUT2D eigenvalue weighted by atomic mass is 16.5. The molecule has 1 aromatic rings. The summed E-state index contributed by atoms with van der Waals surface area (Å²) in [6.07, 6.45) is 0. The third-order valence-electron chi connectivity index (χ3n) is 2.35. The third kappa shape index (κ3) is 8.20. The second-order valence-electron chi connectivity index (χ2n) is 3.87. The van der Waals surface area contributed by atoms with Crippen molar-refractivity contribution in [2.24, 2.45) is 0 Å². The molecule has 0 aliphatic carbocycles. The van der Waals surface area contributed by atoms with E-state index in [1.165, 1.54) is 5.56 Å². The molecule has 18 heavy (non-hydrogen) atoms. The molecule has 0 unspecified atom stereocenters. The van der Waals surface area contributed by atoms with Gasteiger partial charge in [0.05, 0.1) is 39.6 Å². The van der Waals surface area contributed by atoms with Crippen LogP contribution in [-0.2, 0) is 20.8 Å². The van der Waals surface area contributed by atoms with Gasteiger partial charge in [0.2, 0.25) is 0 Å². The van der Waals surface area contributed by atoms with E-state index in [2.05, 4.69) is 17.4 Å². The number of ether oxygens (including phenoxy) is 3. The zero-order valence-electron chi connectivity index (χ0n) is 11.1. The molecule has 0 aromatic heterocycles. The number of nitrogens with one attached hydrogen (secondary N) is 1. The Morgan fingerprint density at radius 2 is 1.44 bits per heavy atom. The Balaban J connectivity index is 1.82. The maximum absolute atomic E-state index is 5.49. The van der Waals surface area contributed by atoms with E-state index in [-0.39, 0.29) is 0 Å². The molecule has 0 radical (unpaired) electrons. The highest BCUT2D eigenvalue weighted by Crippen LogP contribution is 1.99. The van der Waals surface area contributed by atoms with Gasteiger partial charge in [-0.15, -0.1) is 0 Å². The molecule has 0 fully saturated rings. The summed E-state index contributed by atoms with van der Waals surface area (Å²) in [4.78, 5) is 0. The molecule has 0 atom stereocenters. The van der Waals surface area contributed by atoms with Gasteiger partial charge in [-0.3, -0.25) is 0 Å². The molecule has 4 heteroatoms. The molecule has 0 saturated heterocycles. The Hall–Kier alpha value is -0.940. The molecule has 4 nitrogen and oxygen atoms in total. The van der Waals surface area contributed by atoms with Crippen LogP contribution in [0.15, 0.2) is 30.3 Å². The minimum atomic E-state index is 0.613. The lowest BCUT2D eigenvalue weighted by Gasteiger charge is -2.06. The fraction of sp³-hybridized carbons (Fsp3) is 0.571. The van der Waals surface area contributed by atoms with Crippen molar-refractivity contribution < 1.29 is 14.2 Å². The van der Waals surface area contributed by atoms with E-state index in [1.807, 2.05) is 25.2 Å². The summed E-state index contributed by atoms with van der Waals surface area (Å²) in [5, 5.41) is 3.02. The lowest BCUT2D eigenvalue weighted by molar-refractivity contribution is 0.0113. The van der Waals surface area contributed by atoms with E-state index in [4.69, 9.17) is 14.2 Å². The lowest BCUT2D eigenvalue weighted by Crippen LogP contribution is -2.16. The maximum atomic E-state index is 5.49. The van der Waals surface area contributed by atoms with Crippen molar-refractivity contribution >= 4 is 0 Å². The quantitative estimate of drug-likeness (QED) is 0.606. The lowest BCUT2D eigenvalue weighted by atomic mass is 10.2. The molecule has 0 amide bonds. The second-order valence-corrected chi connectivity index (χ2v) is 3.87. The minimum absolute atomic E-state index is 0.613. The molecule has 0 spiro atoms. The zero-order valence-corrected chi connectivity index (χ0v) is 11.1. The topological polar surface area (TPSA) is 39.7 Å². The van der Waals surface area contributed by atoms with Gasteiger partial charge in [0.15, 0.2) is 0 Å². The summed E-state index contributed by atoms with van der Waals surface area (Å²) in [6, 6.07) is 10.1. The van der Waals surface area contributed by atoms with Crippen molar-refractivity contribution in [1.82, 2.24) is 5.32 Å². The minimum Gasteiger partial charge on any atom is -0.378 e. The number of likely N-dealkylation sites (N-methyl/N-ethyl adjacent to an activating group) is 1. The molecule has 0 aliphatic rings. The van der Waals surface area contributed by atoms with Crippen molar-refractivity contribution in [1.29, 1.82) is 0 Å². The summed E-state index contributed by atoms with van der Waals surface area (Å²) in [5.41, 5.74) is 1.19. The molecule has 0 bridgehead atoms. The molecule has 1 N–H and O–H groups in total. The van der Waals surface area contributed by atoms with Crippen molar-refractivity contribution in [2.75, 3.05) is 46.6 Å². The van der Waals surface area contributed by atoms with E-state index in [9.17, 15) is 0 Å². The summed E-state index contributed by atoms with van der Waals surface area (Å²) in [7, 11) is 1.91. The third-order valence-corrected chi connectivity index (χ3v) is 2.35. The van der Waals surface area contributed by atoms with Crippen LogP contribution in [0.4, 0.5) is 0 Å². The number of rotatable bonds is 11. The van der Waals surface area contributed by atoms with Gasteiger partial charge in [0, 0.05) is 6.54 Å². The fourth-order valence-corrected chi connectivity index (χ4v) is 1.38. The smallest absolute Gasteiger partial charge is 0.0718 e. The summed E-state index contributed by atoms with van der Waals surface area (Å²) in [6.45, 7) is 4.74. The second kappa shape index (κ2) is 11.2. The van der Waals surface area contributed by atoms with Crippen molar-refractivity contribution in [3.63, 3.8) is 0 Å². The van der Waals surface area contributed by atoms with Crippen LogP contribution in [0.3, 0.4) is 0 Å². The number of benzene rings is 1. The normalized spacial score (nSPS) is 10.7. The van der Waals surface area contributed by atoms with Gasteiger partial charge in [0.1, 0.15) is 0 Å². The maximum Gasteiger partial charge on any atom is 0.0718 e. The first-order valence-electron chi connectivity index (χ1n) is 6.35. The standard InChI is InChI=1S/C14H23NO3/c1-15-7-8-16-9-10-17-11-12-18-13-14-5-3-2-4-6-14/h2-6,15H,7-13H2,1H3. The predicted octanol–water partition coefficient (Wildman–Crippen LogP) is 1.46. The molecular weight excluding hydrogens is 230 g/mol. The van der Waals surface area contributed by atoms with Gasteiger partial charge in [-0.1, -0.05) is 30.3 Å². The molecule has 1 rings (SSSR count). The van der Waals surface area contributed by atoms with Crippen LogP contribution in [-0.4, -0.2) is 46.6 Å². The fourth-order valence-electron chi connectivity index (χ4n) is 1.38. The number of hydrogen-bond acceptors (Lipinski definition) is 4. The first-order valence-corrected chi connectivity index (χ1v) is 6.35. The summed E-state index contributed by atoms with van der Waals surface area (Å²) >= 11 is 0. The Labute approximate surface area is 109 Å². The van der Waals surface area contributed by atoms with Crippen LogP contribution in [0, 0.1) is 0 Å². The van der Waals surface area contributed by atoms with E-state index in [1.54, 1.807) is 0 Å². The molecule has 0 saturated carbocycles. The average Bonchev–Trinajstić information content (AvgIpc) is 2.42. The summed E-state index contributed by atoms with van der Waals surface area (Å²) in [5.74, 6) is 0. The molecule has 0 aliphatic heterocycles. The van der Waals surface area contributed by atoms with Crippen LogP contribution in [0.2, 0.25) is 0 Å². The van der Waals surface area contributed by atoms with Crippen molar-refractivity contribution in [2.45, 2.75) is 6.61 Å². The molecule has 1 aromatic carbocycles. The van der Waals surface area contributed by atoms with E-state index in [0.29, 0.717) is 33.0 Å². The van der Waals surface area contributed by atoms with Gasteiger partial charge in [0.25, 0.3) is 0 Å².